The standard InChI is InChI=1S/C8H16N4O/c1-6(4-13-2)8(10)7(9)3-11-5-12-8/h3,5-6H,4,9-10H2,1-2H3,(H,11,12). The summed E-state index contributed by atoms with van der Waals surface area (Å²) in [5, 5.41) is 2.79. The second kappa shape index (κ2) is 3.76. The molecule has 0 aromatic carbocycles. The summed E-state index contributed by atoms with van der Waals surface area (Å²) in [6.07, 6.45) is 3.20. The molecule has 1 heterocycles. The van der Waals surface area contributed by atoms with Gasteiger partial charge >= 0.3 is 0 Å². The molecule has 2 unspecified atom stereocenters. The minimum atomic E-state index is -0.832. The van der Waals surface area contributed by atoms with Gasteiger partial charge in [-0.25, -0.2) is 4.99 Å². The maximum Gasteiger partial charge on any atom is 0.155 e. The van der Waals surface area contributed by atoms with Crippen LogP contribution in [0.25, 0.3) is 0 Å². The molecule has 2 atom stereocenters. The average molecular weight is 184 g/mol. The number of hydrogen-bond donors (Lipinski definition) is 3. The highest BCUT2D eigenvalue weighted by Gasteiger charge is 2.35. The molecule has 1 rings (SSSR count). The van der Waals surface area contributed by atoms with E-state index in [2.05, 4.69) is 10.3 Å². The number of ether oxygens (including phenoxy) is 1. The predicted molar refractivity (Wildman–Crippen MR) is 51.9 cm³/mol. The van der Waals surface area contributed by atoms with Gasteiger partial charge in [0.05, 0.1) is 18.6 Å². The van der Waals surface area contributed by atoms with Crippen molar-refractivity contribution in [3.8, 4) is 0 Å². The monoisotopic (exact) mass is 184 g/mol. The SMILES string of the molecule is COCC(C)C1(N)N=CNC=C1N. The lowest BCUT2D eigenvalue weighted by molar-refractivity contribution is 0.128. The second-order valence-electron chi connectivity index (χ2n) is 3.21. The van der Waals surface area contributed by atoms with Gasteiger partial charge in [-0.15, -0.1) is 0 Å². The Morgan fingerprint density at radius 3 is 3.00 bits per heavy atom. The van der Waals surface area contributed by atoms with Crippen LogP contribution in [0.1, 0.15) is 6.92 Å². The maximum atomic E-state index is 6.02. The van der Waals surface area contributed by atoms with Gasteiger partial charge in [-0.3, -0.25) is 0 Å². The zero-order valence-corrected chi connectivity index (χ0v) is 7.95. The summed E-state index contributed by atoms with van der Waals surface area (Å²) in [5.74, 6) is 0.0482. The van der Waals surface area contributed by atoms with Crippen LogP contribution in [0.5, 0.6) is 0 Å². The van der Waals surface area contributed by atoms with Crippen molar-refractivity contribution in [2.45, 2.75) is 12.6 Å². The molecule has 1 aliphatic rings. The van der Waals surface area contributed by atoms with E-state index in [0.29, 0.717) is 12.3 Å². The van der Waals surface area contributed by atoms with E-state index < -0.39 is 5.66 Å². The Morgan fingerprint density at radius 2 is 2.46 bits per heavy atom. The Morgan fingerprint density at radius 1 is 1.77 bits per heavy atom. The van der Waals surface area contributed by atoms with E-state index in [9.17, 15) is 0 Å². The molecule has 0 radical (unpaired) electrons. The molecule has 0 bridgehead atoms. The normalized spacial score (nSPS) is 29.3. The fraction of sp³-hybridized carbons (Fsp3) is 0.625. The van der Waals surface area contributed by atoms with E-state index in [1.165, 1.54) is 0 Å². The van der Waals surface area contributed by atoms with Crippen LogP contribution in [-0.2, 0) is 4.74 Å². The number of hydrogen-bond acceptors (Lipinski definition) is 5. The average Bonchev–Trinajstić information content (AvgIpc) is 2.11. The Labute approximate surface area is 77.8 Å². The van der Waals surface area contributed by atoms with Crippen LogP contribution < -0.4 is 16.8 Å². The van der Waals surface area contributed by atoms with Gasteiger partial charge in [0.2, 0.25) is 0 Å². The zero-order valence-electron chi connectivity index (χ0n) is 7.95. The van der Waals surface area contributed by atoms with E-state index >= 15 is 0 Å². The molecular formula is C8H16N4O. The maximum absolute atomic E-state index is 6.02. The molecule has 0 spiro atoms. The van der Waals surface area contributed by atoms with Crippen LogP contribution in [0.15, 0.2) is 16.9 Å². The van der Waals surface area contributed by atoms with Gasteiger partial charge in [0.25, 0.3) is 0 Å². The summed E-state index contributed by atoms with van der Waals surface area (Å²) < 4.78 is 5.01. The molecule has 5 N–H and O–H groups in total. The highest BCUT2D eigenvalue weighted by molar-refractivity contribution is 5.59. The van der Waals surface area contributed by atoms with Crippen LogP contribution in [0.2, 0.25) is 0 Å². The summed E-state index contributed by atoms with van der Waals surface area (Å²) in [6, 6.07) is 0. The first-order valence-corrected chi connectivity index (χ1v) is 4.15. The molecule has 0 aromatic rings. The number of aliphatic imine (C=N–C) groups is 1. The molecule has 0 amide bonds. The smallest absolute Gasteiger partial charge is 0.155 e. The summed E-state index contributed by atoms with van der Waals surface area (Å²) in [7, 11) is 1.63. The fourth-order valence-electron chi connectivity index (χ4n) is 1.25. The molecule has 0 aliphatic carbocycles. The zero-order chi connectivity index (χ0) is 9.90. The predicted octanol–water partition coefficient (Wildman–Crippen LogP) is -0.644. The number of methoxy groups -OCH3 is 1. The first kappa shape index (κ1) is 10.0. The van der Waals surface area contributed by atoms with Gasteiger partial charge in [-0.1, -0.05) is 6.92 Å². The molecule has 0 aromatic heterocycles. The highest BCUT2D eigenvalue weighted by atomic mass is 16.5. The Balaban J connectivity index is 2.78. The Hall–Kier alpha value is -1.07. The third-order valence-electron chi connectivity index (χ3n) is 2.22. The molecule has 5 heteroatoms. The molecule has 1 aliphatic heterocycles. The third-order valence-corrected chi connectivity index (χ3v) is 2.22. The third kappa shape index (κ3) is 1.81. The van der Waals surface area contributed by atoms with Gasteiger partial charge in [0.15, 0.2) is 5.66 Å². The topological polar surface area (TPSA) is 85.7 Å². The quantitative estimate of drug-likeness (QED) is 0.544. The van der Waals surface area contributed by atoms with Crippen LogP contribution >= 0.6 is 0 Å². The molecular weight excluding hydrogens is 168 g/mol. The van der Waals surface area contributed by atoms with Gasteiger partial charge in [0.1, 0.15) is 0 Å². The summed E-state index contributed by atoms with van der Waals surface area (Å²) in [5.41, 5.74) is 11.5. The lowest BCUT2D eigenvalue weighted by Crippen LogP contribution is -2.52. The minimum absolute atomic E-state index is 0.0482. The Kier molecular flexibility index (Phi) is 2.90. The van der Waals surface area contributed by atoms with Crippen molar-refractivity contribution in [3.63, 3.8) is 0 Å². The largest absolute Gasteiger partial charge is 0.398 e. The van der Waals surface area contributed by atoms with Crippen molar-refractivity contribution in [3.05, 3.63) is 11.9 Å². The van der Waals surface area contributed by atoms with E-state index in [1.54, 1.807) is 19.6 Å². The van der Waals surface area contributed by atoms with Crippen LogP contribution in [0.4, 0.5) is 0 Å². The summed E-state index contributed by atoms with van der Waals surface area (Å²) in [4.78, 5) is 4.13. The van der Waals surface area contributed by atoms with Crippen molar-refractivity contribution < 1.29 is 4.74 Å². The highest BCUT2D eigenvalue weighted by Crippen LogP contribution is 2.22. The molecule has 0 fully saturated rings. The minimum Gasteiger partial charge on any atom is -0.398 e. The van der Waals surface area contributed by atoms with Crippen molar-refractivity contribution >= 4 is 6.34 Å². The first-order valence-electron chi connectivity index (χ1n) is 4.15. The van der Waals surface area contributed by atoms with E-state index in [1.807, 2.05) is 6.92 Å². The number of nitrogens with zero attached hydrogens (tertiary/aromatic N) is 1. The van der Waals surface area contributed by atoms with Gasteiger partial charge in [-0.05, 0) is 0 Å². The molecule has 13 heavy (non-hydrogen) atoms. The van der Waals surface area contributed by atoms with Crippen molar-refractivity contribution in [2.24, 2.45) is 22.4 Å². The number of nitrogens with two attached hydrogens (primary N) is 2. The van der Waals surface area contributed by atoms with Crippen molar-refractivity contribution in [2.75, 3.05) is 13.7 Å². The van der Waals surface area contributed by atoms with Crippen LogP contribution in [-0.4, -0.2) is 25.7 Å². The molecule has 5 nitrogen and oxygen atoms in total. The number of rotatable bonds is 3. The van der Waals surface area contributed by atoms with Crippen LogP contribution in [0, 0.1) is 5.92 Å². The lowest BCUT2D eigenvalue weighted by atomic mass is 9.93. The van der Waals surface area contributed by atoms with E-state index in [4.69, 9.17) is 16.2 Å². The van der Waals surface area contributed by atoms with Gasteiger partial charge in [0, 0.05) is 19.2 Å². The lowest BCUT2D eigenvalue weighted by Gasteiger charge is -2.33. The van der Waals surface area contributed by atoms with Crippen LogP contribution in [0.3, 0.4) is 0 Å². The molecule has 0 saturated carbocycles. The molecule has 0 saturated heterocycles. The van der Waals surface area contributed by atoms with E-state index in [-0.39, 0.29) is 5.92 Å². The van der Waals surface area contributed by atoms with Crippen molar-refractivity contribution in [1.82, 2.24) is 5.32 Å². The first-order chi connectivity index (χ1) is 6.11. The summed E-state index contributed by atoms with van der Waals surface area (Å²) in [6.45, 7) is 2.48. The fourth-order valence-corrected chi connectivity index (χ4v) is 1.25. The van der Waals surface area contributed by atoms with Crippen molar-refractivity contribution in [1.29, 1.82) is 0 Å². The Bertz CT molecular complexity index is 238. The molecule has 74 valence electrons. The summed E-state index contributed by atoms with van der Waals surface area (Å²) >= 11 is 0. The van der Waals surface area contributed by atoms with Gasteiger partial charge < -0.3 is 21.5 Å². The number of nitrogens with one attached hydrogen (secondary N) is 1. The van der Waals surface area contributed by atoms with Gasteiger partial charge in [-0.2, -0.15) is 0 Å². The van der Waals surface area contributed by atoms with E-state index in [0.717, 1.165) is 0 Å². The second-order valence-corrected chi connectivity index (χ2v) is 3.21.